The Morgan fingerprint density at radius 3 is 1.34 bits per heavy atom. The second-order valence-corrected chi connectivity index (χ2v) is 16.4. The van der Waals surface area contributed by atoms with Crippen molar-refractivity contribution in [2.24, 2.45) is 0 Å². The van der Waals surface area contributed by atoms with Crippen LogP contribution < -0.4 is 0 Å². The molecule has 9 aromatic carbocycles. The van der Waals surface area contributed by atoms with Gasteiger partial charge in [0.2, 0.25) is 0 Å². The van der Waals surface area contributed by atoms with Gasteiger partial charge in [0.15, 0.2) is 5.82 Å². The molecule has 0 aliphatic carbocycles. The Labute approximate surface area is 368 Å². The molecule has 0 atom stereocenters. The molecule has 298 valence electrons. The maximum Gasteiger partial charge on any atom is 0.179 e. The van der Waals surface area contributed by atoms with Crippen molar-refractivity contribution in [3.8, 4) is 56.5 Å². The van der Waals surface area contributed by atoms with Crippen molar-refractivity contribution in [2.75, 3.05) is 0 Å². The van der Waals surface area contributed by atoms with Crippen molar-refractivity contribution in [1.82, 2.24) is 24.1 Å². The highest BCUT2D eigenvalue weighted by atomic mass is 15.0. The van der Waals surface area contributed by atoms with Crippen molar-refractivity contribution in [3.05, 3.63) is 224 Å². The van der Waals surface area contributed by atoms with Crippen LogP contribution in [0.25, 0.3) is 122 Å². The van der Waals surface area contributed by atoms with E-state index in [0.29, 0.717) is 5.82 Å². The first-order chi connectivity index (χ1) is 31.7. The zero-order valence-electron chi connectivity index (χ0n) is 34.6. The standard InChI is InChI=1S/C59H37N5/c1-2-16-38(17-3-1)53-37-54(62-59(61-53)52-33-30-39-18-4-11-25-51(39)60-52)46-32-31-43(44-19-5-6-20-45(44)46)40-34-41(63-55-26-12-7-21-47(55)48-22-8-13-27-56(48)63)36-42(35-40)64-57-28-14-9-23-49(57)50-24-10-15-29-58(50)64/h1-37H. The lowest BCUT2D eigenvalue weighted by molar-refractivity contribution is 1.13. The molecule has 0 aliphatic rings. The number of hydrogen-bond acceptors (Lipinski definition) is 3. The van der Waals surface area contributed by atoms with Gasteiger partial charge in [-0.05, 0) is 82.6 Å². The molecule has 64 heavy (non-hydrogen) atoms. The summed E-state index contributed by atoms with van der Waals surface area (Å²) in [5, 5.41) is 8.25. The molecular weight excluding hydrogens is 779 g/mol. The number of fused-ring (bicyclic) bond motifs is 8. The van der Waals surface area contributed by atoms with Crippen molar-refractivity contribution in [2.45, 2.75) is 0 Å². The van der Waals surface area contributed by atoms with Gasteiger partial charge in [0.05, 0.1) is 39.0 Å². The summed E-state index contributed by atoms with van der Waals surface area (Å²) in [4.78, 5) is 15.5. The molecule has 5 nitrogen and oxygen atoms in total. The fourth-order valence-corrected chi connectivity index (χ4v) is 9.83. The number of benzene rings is 9. The summed E-state index contributed by atoms with van der Waals surface area (Å²) in [5.74, 6) is 0.588. The van der Waals surface area contributed by atoms with Gasteiger partial charge in [-0.2, -0.15) is 0 Å². The maximum atomic E-state index is 5.29. The van der Waals surface area contributed by atoms with Crippen LogP contribution >= 0.6 is 0 Å². The van der Waals surface area contributed by atoms with Crippen LogP contribution in [0.2, 0.25) is 0 Å². The van der Waals surface area contributed by atoms with Crippen molar-refractivity contribution < 1.29 is 0 Å². The predicted octanol–water partition coefficient (Wildman–Crippen LogP) is 15.0. The second kappa shape index (κ2) is 14.5. The smallest absolute Gasteiger partial charge is 0.179 e. The van der Waals surface area contributed by atoms with E-state index in [1.807, 2.05) is 30.3 Å². The zero-order valence-corrected chi connectivity index (χ0v) is 34.6. The van der Waals surface area contributed by atoms with Crippen molar-refractivity contribution in [3.63, 3.8) is 0 Å². The summed E-state index contributed by atoms with van der Waals surface area (Å²) in [7, 11) is 0. The molecule has 13 aromatic rings. The maximum absolute atomic E-state index is 5.29. The Morgan fingerprint density at radius 1 is 0.281 bits per heavy atom. The number of pyridine rings is 1. The van der Waals surface area contributed by atoms with Crippen LogP contribution in [-0.4, -0.2) is 24.1 Å². The summed E-state index contributed by atoms with van der Waals surface area (Å²) in [6.07, 6.45) is 0. The number of aromatic nitrogens is 5. The lowest BCUT2D eigenvalue weighted by Crippen LogP contribution is -2.00. The quantitative estimate of drug-likeness (QED) is 0.168. The zero-order chi connectivity index (χ0) is 42.1. The highest BCUT2D eigenvalue weighted by molar-refractivity contribution is 6.11. The second-order valence-electron chi connectivity index (χ2n) is 16.4. The van der Waals surface area contributed by atoms with Gasteiger partial charge < -0.3 is 9.13 Å². The molecule has 0 spiro atoms. The first-order valence-corrected chi connectivity index (χ1v) is 21.7. The molecule has 0 aliphatic heterocycles. The van der Waals surface area contributed by atoms with E-state index < -0.39 is 0 Å². The third-order valence-electron chi connectivity index (χ3n) is 12.7. The van der Waals surface area contributed by atoms with Gasteiger partial charge in [-0.3, -0.25) is 0 Å². The summed E-state index contributed by atoms with van der Waals surface area (Å²) in [5.41, 5.74) is 14.5. The summed E-state index contributed by atoms with van der Waals surface area (Å²) in [6.45, 7) is 0. The molecule has 13 rings (SSSR count). The van der Waals surface area contributed by atoms with E-state index in [-0.39, 0.29) is 0 Å². The first kappa shape index (κ1) is 36.0. The summed E-state index contributed by atoms with van der Waals surface area (Å²) < 4.78 is 4.85. The van der Waals surface area contributed by atoms with E-state index in [9.17, 15) is 0 Å². The number of hydrogen-bond donors (Lipinski definition) is 0. The molecule has 0 radical (unpaired) electrons. The minimum Gasteiger partial charge on any atom is -0.309 e. The van der Waals surface area contributed by atoms with Gasteiger partial charge in [0.1, 0.15) is 5.69 Å². The van der Waals surface area contributed by atoms with Gasteiger partial charge in [0, 0.05) is 49.4 Å². The molecule has 0 saturated heterocycles. The first-order valence-electron chi connectivity index (χ1n) is 21.7. The van der Waals surface area contributed by atoms with Gasteiger partial charge in [-0.25, -0.2) is 15.0 Å². The Balaban J connectivity index is 1.06. The monoisotopic (exact) mass is 815 g/mol. The number of nitrogens with zero attached hydrogens (tertiary/aromatic N) is 5. The van der Waals surface area contributed by atoms with Crippen LogP contribution in [-0.2, 0) is 0 Å². The van der Waals surface area contributed by atoms with Crippen LogP contribution in [0.4, 0.5) is 0 Å². The fourth-order valence-electron chi connectivity index (χ4n) is 9.83. The molecule has 0 fully saturated rings. The number of para-hydroxylation sites is 5. The van der Waals surface area contributed by atoms with Crippen LogP contribution in [0.3, 0.4) is 0 Å². The lowest BCUT2D eigenvalue weighted by atomic mass is 9.93. The van der Waals surface area contributed by atoms with Crippen LogP contribution in [0, 0.1) is 0 Å². The van der Waals surface area contributed by atoms with Gasteiger partial charge in [-0.1, -0.05) is 164 Å². The lowest BCUT2D eigenvalue weighted by Gasteiger charge is -2.18. The molecule has 4 heterocycles. The summed E-state index contributed by atoms with van der Waals surface area (Å²) in [6, 6.07) is 80.0. The Morgan fingerprint density at radius 2 is 0.750 bits per heavy atom. The van der Waals surface area contributed by atoms with Gasteiger partial charge in [0.25, 0.3) is 0 Å². The van der Waals surface area contributed by atoms with E-state index >= 15 is 0 Å². The molecule has 0 amide bonds. The minimum absolute atomic E-state index is 0.588. The molecular formula is C59H37N5. The molecule has 0 bridgehead atoms. The molecule has 4 aromatic heterocycles. The van der Waals surface area contributed by atoms with Crippen molar-refractivity contribution >= 4 is 65.3 Å². The van der Waals surface area contributed by atoms with E-state index in [1.54, 1.807) is 0 Å². The van der Waals surface area contributed by atoms with Crippen LogP contribution in [0.15, 0.2) is 224 Å². The Kier molecular flexibility index (Phi) is 8.15. The topological polar surface area (TPSA) is 48.5 Å². The Hall–Kier alpha value is -8.67. The van der Waals surface area contributed by atoms with E-state index in [2.05, 4.69) is 203 Å². The fraction of sp³-hybridized carbons (Fsp3) is 0. The highest BCUT2D eigenvalue weighted by Crippen LogP contribution is 2.41. The Bertz CT molecular complexity index is 3730. The van der Waals surface area contributed by atoms with E-state index in [0.717, 1.165) is 72.4 Å². The average Bonchev–Trinajstić information content (AvgIpc) is 3.89. The number of rotatable bonds is 6. The molecule has 0 N–H and O–H groups in total. The van der Waals surface area contributed by atoms with Gasteiger partial charge in [-0.15, -0.1) is 0 Å². The minimum atomic E-state index is 0.588. The van der Waals surface area contributed by atoms with E-state index in [4.69, 9.17) is 15.0 Å². The normalized spacial score (nSPS) is 11.8. The summed E-state index contributed by atoms with van der Waals surface area (Å²) >= 11 is 0. The third kappa shape index (κ3) is 5.75. The van der Waals surface area contributed by atoms with E-state index in [1.165, 1.54) is 43.6 Å². The largest absolute Gasteiger partial charge is 0.309 e. The third-order valence-corrected chi connectivity index (χ3v) is 12.7. The molecule has 0 saturated carbocycles. The molecule has 5 heteroatoms. The molecule has 0 unspecified atom stereocenters. The van der Waals surface area contributed by atoms with Gasteiger partial charge >= 0.3 is 0 Å². The SMILES string of the molecule is c1ccc(-c2cc(-c3ccc(-c4cc(-n5c6ccccc6c6ccccc65)cc(-n5c6ccccc6c6ccccc65)c4)c4ccccc34)nc(-c3ccc4ccccc4n3)n2)cc1. The average molecular weight is 816 g/mol. The van der Waals surface area contributed by atoms with Crippen LogP contribution in [0.5, 0.6) is 0 Å². The highest BCUT2D eigenvalue weighted by Gasteiger charge is 2.20. The van der Waals surface area contributed by atoms with Crippen LogP contribution in [0.1, 0.15) is 0 Å². The van der Waals surface area contributed by atoms with Crippen molar-refractivity contribution in [1.29, 1.82) is 0 Å². The predicted molar refractivity (Wildman–Crippen MR) is 265 cm³/mol.